The van der Waals surface area contributed by atoms with Crippen molar-refractivity contribution in [2.45, 2.75) is 6.92 Å². The van der Waals surface area contributed by atoms with Gasteiger partial charge in [0.2, 0.25) is 0 Å². The standard InChI is InChI=1S/C26H21BrN4O6/c1-16-6-8-19(9-7-16)29-24(32)15-37-25-22(27)11-17(12-23(25)36-2)10-18(14-28)26(33)30-20-4-3-5-21(13-20)31(34)35/h3-13H,15H2,1-2H3,(H,29,32)(H,30,33)/b18-10+. The fourth-order valence-electron chi connectivity index (χ4n) is 3.15. The van der Waals surface area contributed by atoms with Crippen LogP contribution in [0.5, 0.6) is 11.5 Å². The highest BCUT2D eigenvalue weighted by Gasteiger charge is 2.16. The number of anilines is 2. The second-order valence-corrected chi connectivity index (χ2v) is 8.52. The Morgan fingerprint density at radius 3 is 2.49 bits per heavy atom. The van der Waals surface area contributed by atoms with Crippen molar-refractivity contribution in [2.75, 3.05) is 24.4 Å². The van der Waals surface area contributed by atoms with Crippen LogP contribution >= 0.6 is 15.9 Å². The third-order valence-electron chi connectivity index (χ3n) is 4.93. The Labute approximate surface area is 220 Å². The minimum absolute atomic E-state index is 0.173. The molecular weight excluding hydrogens is 544 g/mol. The van der Waals surface area contributed by atoms with Crippen molar-refractivity contribution in [1.82, 2.24) is 0 Å². The molecule has 0 atom stereocenters. The number of methoxy groups -OCH3 is 1. The molecule has 0 aliphatic carbocycles. The predicted octanol–water partition coefficient (Wildman–Crippen LogP) is 5.24. The zero-order valence-corrected chi connectivity index (χ0v) is 21.4. The second-order valence-electron chi connectivity index (χ2n) is 7.67. The first-order valence-corrected chi connectivity index (χ1v) is 11.5. The van der Waals surface area contributed by atoms with Gasteiger partial charge in [0.1, 0.15) is 11.6 Å². The maximum absolute atomic E-state index is 12.6. The normalized spacial score (nSPS) is 10.7. The van der Waals surface area contributed by atoms with Gasteiger partial charge in [0.05, 0.1) is 16.5 Å². The number of hydrogen-bond acceptors (Lipinski definition) is 7. The molecule has 0 saturated heterocycles. The molecule has 11 heteroatoms. The number of nitro groups is 1. The Bertz CT molecular complexity index is 1410. The van der Waals surface area contributed by atoms with Crippen molar-refractivity contribution < 1.29 is 24.0 Å². The monoisotopic (exact) mass is 564 g/mol. The van der Waals surface area contributed by atoms with E-state index in [0.29, 0.717) is 15.7 Å². The smallest absolute Gasteiger partial charge is 0.271 e. The summed E-state index contributed by atoms with van der Waals surface area (Å²) in [6, 6.07) is 17.6. The van der Waals surface area contributed by atoms with E-state index >= 15 is 0 Å². The summed E-state index contributed by atoms with van der Waals surface area (Å²) in [6.45, 7) is 1.66. The number of ether oxygens (including phenoxy) is 2. The highest BCUT2D eigenvalue weighted by molar-refractivity contribution is 9.10. The maximum Gasteiger partial charge on any atom is 0.271 e. The van der Waals surface area contributed by atoms with E-state index in [-0.39, 0.29) is 41.0 Å². The van der Waals surface area contributed by atoms with Gasteiger partial charge in [0.25, 0.3) is 17.5 Å². The van der Waals surface area contributed by atoms with Gasteiger partial charge in [-0.3, -0.25) is 19.7 Å². The van der Waals surface area contributed by atoms with E-state index in [1.54, 1.807) is 18.2 Å². The number of nitriles is 1. The Morgan fingerprint density at radius 2 is 1.84 bits per heavy atom. The van der Waals surface area contributed by atoms with Gasteiger partial charge in [-0.2, -0.15) is 5.26 Å². The Morgan fingerprint density at radius 1 is 1.11 bits per heavy atom. The number of carbonyl (C=O) groups is 2. The van der Waals surface area contributed by atoms with E-state index in [0.717, 1.165) is 5.56 Å². The number of amides is 2. The molecule has 3 aromatic carbocycles. The van der Waals surface area contributed by atoms with E-state index in [4.69, 9.17) is 9.47 Å². The molecule has 0 bridgehead atoms. The molecule has 0 aliphatic heterocycles. The first-order valence-electron chi connectivity index (χ1n) is 10.7. The molecule has 2 amide bonds. The number of non-ortho nitro benzene ring substituents is 1. The number of aryl methyl sites for hydroxylation is 1. The molecule has 0 aliphatic rings. The van der Waals surface area contributed by atoms with Crippen LogP contribution in [0.1, 0.15) is 11.1 Å². The third kappa shape index (κ3) is 7.39. The van der Waals surface area contributed by atoms with Crippen molar-refractivity contribution in [2.24, 2.45) is 0 Å². The number of halogens is 1. The summed E-state index contributed by atoms with van der Waals surface area (Å²) >= 11 is 3.37. The van der Waals surface area contributed by atoms with E-state index in [2.05, 4.69) is 26.6 Å². The highest BCUT2D eigenvalue weighted by atomic mass is 79.9. The fraction of sp³-hybridized carbons (Fsp3) is 0.115. The van der Waals surface area contributed by atoms with E-state index < -0.39 is 10.8 Å². The second kappa shape index (κ2) is 12.3. The minimum Gasteiger partial charge on any atom is -0.493 e. The lowest BCUT2D eigenvalue weighted by atomic mass is 10.1. The van der Waals surface area contributed by atoms with Gasteiger partial charge in [-0.25, -0.2) is 0 Å². The lowest BCUT2D eigenvalue weighted by Gasteiger charge is -2.14. The molecule has 2 N–H and O–H groups in total. The number of nitro benzene ring substituents is 1. The summed E-state index contributed by atoms with van der Waals surface area (Å²) < 4.78 is 11.5. The molecule has 0 saturated carbocycles. The van der Waals surface area contributed by atoms with Gasteiger partial charge in [0.15, 0.2) is 18.1 Å². The molecule has 0 heterocycles. The van der Waals surface area contributed by atoms with Gasteiger partial charge in [-0.1, -0.05) is 23.8 Å². The number of rotatable bonds is 9. The molecule has 188 valence electrons. The van der Waals surface area contributed by atoms with Crippen molar-refractivity contribution in [1.29, 1.82) is 5.26 Å². The van der Waals surface area contributed by atoms with E-state index in [9.17, 15) is 25.0 Å². The number of carbonyl (C=O) groups excluding carboxylic acids is 2. The van der Waals surface area contributed by atoms with Crippen LogP contribution in [-0.4, -0.2) is 30.5 Å². The Kier molecular flexibility index (Phi) is 8.96. The lowest BCUT2D eigenvalue weighted by Crippen LogP contribution is -2.20. The van der Waals surface area contributed by atoms with Gasteiger partial charge in [0, 0.05) is 23.5 Å². The number of benzene rings is 3. The highest BCUT2D eigenvalue weighted by Crippen LogP contribution is 2.37. The molecule has 0 fully saturated rings. The fourth-order valence-corrected chi connectivity index (χ4v) is 3.72. The topological polar surface area (TPSA) is 144 Å². The summed E-state index contributed by atoms with van der Waals surface area (Å²) in [5.41, 5.74) is 1.87. The van der Waals surface area contributed by atoms with Crippen molar-refractivity contribution in [3.05, 3.63) is 92.0 Å². The largest absolute Gasteiger partial charge is 0.493 e. The zero-order valence-electron chi connectivity index (χ0n) is 19.8. The quantitative estimate of drug-likeness (QED) is 0.156. The van der Waals surface area contributed by atoms with Crippen LogP contribution in [0.2, 0.25) is 0 Å². The molecule has 3 rings (SSSR count). The SMILES string of the molecule is COc1cc(/C=C(\C#N)C(=O)Nc2cccc([N+](=O)[O-])c2)cc(Br)c1OCC(=O)Nc1ccc(C)cc1. The number of nitrogens with one attached hydrogen (secondary N) is 2. The van der Waals surface area contributed by atoms with Crippen LogP contribution in [0.4, 0.5) is 17.1 Å². The minimum atomic E-state index is -0.744. The Balaban J connectivity index is 1.74. The first-order chi connectivity index (χ1) is 17.7. The first kappa shape index (κ1) is 26.9. The summed E-state index contributed by atoms with van der Waals surface area (Å²) in [6.07, 6.45) is 1.33. The molecule has 0 spiro atoms. The zero-order chi connectivity index (χ0) is 26.9. The summed E-state index contributed by atoms with van der Waals surface area (Å²) in [5.74, 6) is -0.587. The van der Waals surface area contributed by atoms with Crippen LogP contribution in [0, 0.1) is 28.4 Å². The van der Waals surface area contributed by atoms with Crippen LogP contribution in [-0.2, 0) is 9.59 Å². The molecule has 3 aromatic rings. The van der Waals surface area contributed by atoms with Crippen LogP contribution < -0.4 is 20.1 Å². The average molecular weight is 565 g/mol. The molecule has 0 radical (unpaired) electrons. The van der Waals surface area contributed by atoms with Gasteiger partial charge in [-0.05, 0) is 64.8 Å². The summed E-state index contributed by atoms with van der Waals surface area (Å²) in [4.78, 5) is 35.3. The van der Waals surface area contributed by atoms with Crippen molar-refractivity contribution >= 4 is 50.9 Å². The van der Waals surface area contributed by atoms with Crippen molar-refractivity contribution in [3.8, 4) is 17.6 Å². The number of nitrogens with zero attached hydrogens (tertiary/aromatic N) is 2. The summed E-state index contributed by atoms with van der Waals surface area (Å²) in [5, 5.41) is 25.7. The predicted molar refractivity (Wildman–Crippen MR) is 141 cm³/mol. The third-order valence-corrected chi connectivity index (χ3v) is 5.51. The van der Waals surface area contributed by atoms with Gasteiger partial charge >= 0.3 is 0 Å². The van der Waals surface area contributed by atoms with Gasteiger partial charge in [-0.15, -0.1) is 0 Å². The molecule has 37 heavy (non-hydrogen) atoms. The average Bonchev–Trinajstić information content (AvgIpc) is 2.87. The molecule has 10 nitrogen and oxygen atoms in total. The summed E-state index contributed by atoms with van der Waals surface area (Å²) in [7, 11) is 1.41. The van der Waals surface area contributed by atoms with Crippen LogP contribution in [0.3, 0.4) is 0 Å². The number of hydrogen-bond donors (Lipinski definition) is 2. The van der Waals surface area contributed by atoms with E-state index in [1.165, 1.54) is 43.5 Å². The van der Waals surface area contributed by atoms with Gasteiger partial charge < -0.3 is 20.1 Å². The maximum atomic E-state index is 12.6. The van der Waals surface area contributed by atoms with Crippen molar-refractivity contribution in [3.63, 3.8) is 0 Å². The molecule has 0 unspecified atom stereocenters. The lowest BCUT2D eigenvalue weighted by molar-refractivity contribution is -0.384. The molecular formula is C26H21BrN4O6. The van der Waals surface area contributed by atoms with Crippen LogP contribution in [0.25, 0.3) is 6.08 Å². The van der Waals surface area contributed by atoms with E-state index in [1.807, 2.05) is 25.1 Å². The van der Waals surface area contributed by atoms with Crippen LogP contribution in [0.15, 0.2) is 70.7 Å². The molecule has 0 aromatic heterocycles. The Hall–Kier alpha value is -4.69.